The van der Waals surface area contributed by atoms with Gasteiger partial charge in [0.1, 0.15) is 5.82 Å². The molecule has 2 atom stereocenters. The Morgan fingerprint density at radius 1 is 1.32 bits per heavy atom. The maximum absolute atomic E-state index is 13.8. The average molecular weight is 303 g/mol. The third-order valence-electron chi connectivity index (χ3n) is 5.30. The Balaban J connectivity index is 1.49. The molecule has 1 amide bonds. The molecule has 118 valence electrons. The molecule has 3 aliphatic rings. The summed E-state index contributed by atoms with van der Waals surface area (Å²) in [6, 6.07) is 1.66. The fourth-order valence-electron chi connectivity index (χ4n) is 3.84. The highest BCUT2D eigenvalue weighted by molar-refractivity contribution is 5.83. The van der Waals surface area contributed by atoms with E-state index >= 15 is 0 Å². The van der Waals surface area contributed by atoms with Gasteiger partial charge in [0.05, 0.1) is 12.2 Å². The number of piperidine rings is 2. The molecular formula is C17H22FN3O. The average Bonchev–Trinajstić information content (AvgIpc) is 3.33. The molecule has 1 aromatic rings. The van der Waals surface area contributed by atoms with Gasteiger partial charge in [-0.3, -0.25) is 14.7 Å². The van der Waals surface area contributed by atoms with Gasteiger partial charge in [-0.25, -0.2) is 4.39 Å². The number of pyridine rings is 1. The van der Waals surface area contributed by atoms with Crippen molar-refractivity contribution >= 4 is 5.91 Å². The lowest BCUT2D eigenvalue weighted by molar-refractivity contribution is -0.146. The predicted octanol–water partition coefficient (Wildman–Crippen LogP) is 2.05. The van der Waals surface area contributed by atoms with Crippen molar-refractivity contribution in [3.8, 4) is 0 Å². The number of hydrogen-bond acceptors (Lipinski definition) is 3. The molecule has 5 heteroatoms. The van der Waals surface area contributed by atoms with Gasteiger partial charge in [0, 0.05) is 31.4 Å². The van der Waals surface area contributed by atoms with Gasteiger partial charge in [-0.2, -0.15) is 0 Å². The van der Waals surface area contributed by atoms with E-state index in [1.165, 1.54) is 19.0 Å². The van der Waals surface area contributed by atoms with Crippen molar-refractivity contribution in [2.24, 2.45) is 11.8 Å². The van der Waals surface area contributed by atoms with E-state index in [4.69, 9.17) is 0 Å². The summed E-state index contributed by atoms with van der Waals surface area (Å²) in [5.74, 6) is 1.34. The molecule has 0 spiro atoms. The second kappa shape index (κ2) is 5.61. The minimum absolute atomic E-state index is 0.0567. The summed E-state index contributed by atoms with van der Waals surface area (Å²) in [7, 11) is 0. The second-order valence-corrected chi connectivity index (χ2v) is 7.03. The first-order valence-electron chi connectivity index (χ1n) is 8.32. The Morgan fingerprint density at radius 2 is 2.18 bits per heavy atom. The van der Waals surface area contributed by atoms with Crippen LogP contribution in [0, 0.1) is 17.7 Å². The van der Waals surface area contributed by atoms with Crippen molar-refractivity contribution < 1.29 is 9.18 Å². The normalized spacial score (nSPS) is 29.0. The zero-order valence-corrected chi connectivity index (χ0v) is 12.7. The lowest BCUT2D eigenvalue weighted by Crippen LogP contribution is -2.58. The number of likely N-dealkylation sites (tertiary alicyclic amines) is 2. The summed E-state index contributed by atoms with van der Waals surface area (Å²) in [5, 5.41) is 0. The van der Waals surface area contributed by atoms with E-state index in [0.717, 1.165) is 38.4 Å². The fraction of sp³-hybridized carbons (Fsp3) is 0.647. The first-order chi connectivity index (χ1) is 10.7. The Bertz CT molecular complexity index is 575. The number of hydrogen-bond donors (Lipinski definition) is 0. The Labute approximate surface area is 130 Å². The molecule has 0 radical (unpaired) electrons. The minimum Gasteiger partial charge on any atom is -0.341 e. The number of aromatic nitrogens is 1. The van der Waals surface area contributed by atoms with Crippen LogP contribution in [0.15, 0.2) is 18.5 Å². The number of carbonyl (C=O) groups excluding carboxylic acids is 1. The van der Waals surface area contributed by atoms with Crippen LogP contribution < -0.4 is 0 Å². The van der Waals surface area contributed by atoms with Crippen LogP contribution in [0.3, 0.4) is 0 Å². The predicted molar refractivity (Wildman–Crippen MR) is 80.4 cm³/mol. The van der Waals surface area contributed by atoms with Gasteiger partial charge in [-0.1, -0.05) is 0 Å². The number of fused-ring (bicyclic) bond motifs is 2. The van der Waals surface area contributed by atoms with Crippen LogP contribution in [0.25, 0.3) is 0 Å². The first kappa shape index (κ1) is 14.1. The number of amides is 1. The van der Waals surface area contributed by atoms with Crippen LogP contribution in [0.1, 0.15) is 31.2 Å². The fourth-order valence-corrected chi connectivity index (χ4v) is 3.84. The SMILES string of the molecule is O=C1[C@H]2C[C@H](CCN2Cc2ccncc2F)CN1CC1CC1. The monoisotopic (exact) mass is 303 g/mol. The molecule has 2 aliphatic heterocycles. The molecule has 2 saturated heterocycles. The molecule has 3 fully saturated rings. The topological polar surface area (TPSA) is 36.4 Å². The van der Waals surface area contributed by atoms with E-state index < -0.39 is 0 Å². The molecule has 1 saturated carbocycles. The zero-order chi connectivity index (χ0) is 15.1. The molecule has 4 nitrogen and oxygen atoms in total. The van der Waals surface area contributed by atoms with Crippen molar-refractivity contribution in [1.29, 1.82) is 0 Å². The van der Waals surface area contributed by atoms with Crippen LogP contribution in [0.2, 0.25) is 0 Å². The van der Waals surface area contributed by atoms with E-state index in [0.29, 0.717) is 18.0 Å². The maximum atomic E-state index is 13.8. The Hall–Kier alpha value is -1.49. The molecule has 1 aromatic heterocycles. The molecule has 0 unspecified atom stereocenters. The Morgan fingerprint density at radius 3 is 2.95 bits per heavy atom. The highest BCUT2D eigenvalue weighted by Gasteiger charge is 2.42. The molecule has 22 heavy (non-hydrogen) atoms. The zero-order valence-electron chi connectivity index (χ0n) is 12.7. The van der Waals surface area contributed by atoms with E-state index in [-0.39, 0.29) is 17.8 Å². The Kier molecular flexibility index (Phi) is 3.60. The lowest BCUT2D eigenvalue weighted by atomic mass is 9.85. The van der Waals surface area contributed by atoms with Crippen molar-refractivity contribution in [2.75, 3.05) is 19.6 Å². The van der Waals surface area contributed by atoms with Gasteiger partial charge in [0.25, 0.3) is 0 Å². The summed E-state index contributed by atoms with van der Waals surface area (Å²) in [6.45, 7) is 3.27. The van der Waals surface area contributed by atoms with Gasteiger partial charge in [0.15, 0.2) is 0 Å². The number of nitrogens with zero attached hydrogens (tertiary/aromatic N) is 3. The summed E-state index contributed by atoms with van der Waals surface area (Å²) in [4.78, 5) is 20.8. The smallest absolute Gasteiger partial charge is 0.239 e. The molecular weight excluding hydrogens is 281 g/mol. The molecule has 4 rings (SSSR count). The summed E-state index contributed by atoms with van der Waals surface area (Å²) >= 11 is 0. The highest BCUT2D eigenvalue weighted by atomic mass is 19.1. The van der Waals surface area contributed by atoms with Crippen LogP contribution in [0.5, 0.6) is 0 Å². The summed E-state index contributed by atoms with van der Waals surface area (Å²) in [5.41, 5.74) is 0.639. The van der Waals surface area contributed by atoms with Crippen molar-refractivity contribution in [3.63, 3.8) is 0 Å². The van der Waals surface area contributed by atoms with Gasteiger partial charge in [-0.15, -0.1) is 0 Å². The number of carbonyl (C=O) groups is 1. The minimum atomic E-state index is -0.275. The van der Waals surface area contributed by atoms with Crippen LogP contribution in [0.4, 0.5) is 4.39 Å². The van der Waals surface area contributed by atoms with E-state index in [1.54, 1.807) is 12.3 Å². The maximum Gasteiger partial charge on any atom is 0.239 e. The van der Waals surface area contributed by atoms with E-state index in [2.05, 4.69) is 14.8 Å². The van der Waals surface area contributed by atoms with Crippen molar-refractivity contribution in [2.45, 2.75) is 38.3 Å². The van der Waals surface area contributed by atoms with Crippen LogP contribution in [-0.2, 0) is 11.3 Å². The standard InChI is InChI=1S/C17H22FN3O/c18-15-8-19-5-3-14(15)11-20-6-4-13-7-16(20)17(22)21(10-13)9-12-1-2-12/h3,5,8,12-13,16H,1-2,4,6-7,9-11H2/t13-,16+/m0/s1. The summed E-state index contributed by atoms with van der Waals surface area (Å²) in [6.07, 6.45) is 7.46. The van der Waals surface area contributed by atoms with Gasteiger partial charge in [0.2, 0.25) is 5.91 Å². The quantitative estimate of drug-likeness (QED) is 0.854. The van der Waals surface area contributed by atoms with Gasteiger partial charge >= 0.3 is 0 Å². The third kappa shape index (κ3) is 2.74. The highest BCUT2D eigenvalue weighted by Crippen LogP contribution is 2.35. The molecule has 0 N–H and O–H groups in total. The van der Waals surface area contributed by atoms with Gasteiger partial charge < -0.3 is 4.90 Å². The summed E-state index contributed by atoms with van der Waals surface area (Å²) < 4.78 is 13.8. The van der Waals surface area contributed by atoms with Crippen molar-refractivity contribution in [1.82, 2.24) is 14.8 Å². The molecule has 2 bridgehead atoms. The van der Waals surface area contributed by atoms with E-state index in [9.17, 15) is 9.18 Å². The van der Waals surface area contributed by atoms with Crippen LogP contribution >= 0.6 is 0 Å². The number of rotatable bonds is 4. The largest absolute Gasteiger partial charge is 0.341 e. The van der Waals surface area contributed by atoms with Crippen LogP contribution in [-0.4, -0.2) is 46.4 Å². The van der Waals surface area contributed by atoms with Gasteiger partial charge in [-0.05, 0) is 50.1 Å². The first-order valence-corrected chi connectivity index (χ1v) is 8.32. The second-order valence-electron chi connectivity index (χ2n) is 7.03. The number of halogens is 1. The molecule has 1 aliphatic carbocycles. The van der Waals surface area contributed by atoms with Crippen molar-refractivity contribution in [3.05, 3.63) is 29.8 Å². The lowest BCUT2D eigenvalue weighted by Gasteiger charge is -2.46. The van der Waals surface area contributed by atoms with E-state index in [1.807, 2.05) is 0 Å². The molecule has 3 heterocycles. The molecule has 0 aromatic carbocycles. The third-order valence-corrected chi connectivity index (χ3v) is 5.30.